The number of allylic oxidation sites excluding steroid dienone is 2. The third-order valence-corrected chi connectivity index (χ3v) is 6.01. The monoisotopic (exact) mass is 252 g/mol. The summed E-state index contributed by atoms with van der Waals surface area (Å²) >= 11 is 0. The molecule has 4 unspecified atom stereocenters. The molecule has 0 saturated heterocycles. The van der Waals surface area contributed by atoms with Crippen molar-refractivity contribution in [1.29, 1.82) is 0 Å². The molecule has 3 aliphatic rings. The molecule has 1 fully saturated rings. The van der Waals surface area contributed by atoms with E-state index in [9.17, 15) is 9.59 Å². The lowest BCUT2D eigenvalue weighted by Crippen LogP contribution is -2.55. The van der Waals surface area contributed by atoms with Crippen molar-refractivity contribution in [2.24, 2.45) is 22.7 Å². The molecular weight excluding hydrogens is 236 g/mol. The van der Waals surface area contributed by atoms with Crippen LogP contribution < -0.4 is 0 Å². The highest BCUT2D eigenvalue weighted by Crippen LogP contribution is 2.67. The van der Waals surface area contributed by atoms with Gasteiger partial charge in [0.05, 0.1) is 10.8 Å². The molecule has 1 aromatic rings. The Hall–Kier alpha value is -1.70. The van der Waals surface area contributed by atoms with Crippen LogP contribution in [-0.2, 0) is 0 Å². The SMILES string of the molecule is CC12C(=O)c3ccccc3C(=O)C1(C)C1C=CC2C1. The minimum absolute atomic E-state index is 0.155. The summed E-state index contributed by atoms with van der Waals surface area (Å²) < 4.78 is 0. The number of carbonyl (C=O) groups excluding carboxylic acids is 2. The first-order valence-electron chi connectivity index (χ1n) is 6.88. The van der Waals surface area contributed by atoms with E-state index in [4.69, 9.17) is 0 Å². The van der Waals surface area contributed by atoms with Gasteiger partial charge in [-0.3, -0.25) is 9.59 Å². The lowest BCUT2D eigenvalue weighted by molar-refractivity contribution is 0.0298. The molecule has 96 valence electrons. The molecule has 4 rings (SSSR count). The van der Waals surface area contributed by atoms with Crippen LogP contribution in [0.4, 0.5) is 0 Å². The fourth-order valence-corrected chi connectivity index (χ4v) is 4.57. The summed E-state index contributed by atoms with van der Waals surface area (Å²) in [6, 6.07) is 7.30. The first-order chi connectivity index (χ1) is 9.01. The Balaban J connectivity index is 2.06. The van der Waals surface area contributed by atoms with Crippen molar-refractivity contribution in [3.8, 4) is 0 Å². The van der Waals surface area contributed by atoms with Crippen LogP contribution in [0.25, 0.3) is 0 Å². The average molecular weight is 252 g/mol. The van der Waals surface area contributed by atoms with E-state index in [2.05, 4.69) is 12.2 Å². The number of rotatable bonds is 0. The fourth-order valence-electron chi connectivity index (χ4n) is 4.57. The summed E-state index contributed by atoms with van der Waals surface area (Å²) in [5, 5.41) is 0. The van der Waals surface area contributed by atoms with Crippen molar-refractivity contribution in [2.45, 2.75) is 20.3 Å². The second-order valence-corrected chi connectivity index (χ2v) is 6.44. The van der Waals surface area contributed by atoms with Crippen LogP contribution in [0.1, 0.15) is 41.0 Å². The van der Waals surface area contributed by atoms with Crippen LogP contribution >= 0.6 is 0 Å². The molecule has 1 aromatic carbocycles. The lowest BCUT2D eigenvalue weighted by atomic mass is 9.51. The summed E-state index contributed by atoms with van der Waals surface area (Å²) in [6.45, 7) is 3.99. The van der Waals surface area contributed by atoms with Crippen LogP contribution in [0.15, 0.2) is 36.4 Å². The van der Waals surface area contributed by atoms with Gasteiger partial charge in [0.25, 0.3) is 0 Å². The minimum Gasteiger partial charge on any atom is -0.293 e. The normalized spacial score (nSPS) is 42.4. The van der Waals surface area contributed by atoms with E-state index in [0.29, 0.717) is 11.1 Å². The van der Waals surface area contributed by atoms with Crippen LogP contribution in [0.3, 0.4) is 0 Å². The number of benzene rings is 1. The smallest absolute Gasteiger partial charge is 0.171 e. The third kappa shape index (κ3) is 0.948. The van der Waals surface area contributed by atoms with Gasteiger partial charge in [-0.1, -0.05) is 50.3 Å². The van der Waals surface area contributed by atoms with E-state index < -0.39 is 10.8 Å². The standard InChI is InChI=1S/C17H16O2/c1-16-10-7-8-11(9-10)17(16,2)15(19)13-6-4-3-5-12(13)14(16)18/h3-8,10-11H,9H2,1-2H3. The van der Waals surface area contributed by atoms with Gasteiger partial charge in [0, 0.05) is 11.1 Å². The molecule has 0 N–H and O–H groups in total. The van der Waals surface area contributed by atoms with E-state index in [1.165, 1.54) is 0 Å². The number of hydrogen-bond acceptors (Lipinski definition) is 2. The van der Waals surface area contributed by atoms with E-state index in [1.54, 1.807) is 12.1 Å². The van der Waals surface area contributed by atoms with Crippen molar-refractivity contribution in [1.82, 2.24) is 0 Å². The predicted molar refractivity (Wildman–Crippen MR) is 72.1 cm³/mol. The Labute approximate surface area is 112 Å². The van der Waals surface area contributed by atoms with Crippen molar-refractivity contribution < 1.29 is 9.59 Å². The molecule has 0 heterocycles. The van der Waals surface area contributed by atoms with Gasteiger partial charge in [-0.2, -0.15) is 0 Å². The third-order valence-electron chi connectivity index (χ3n) is 6.01. The molecular formula is C17H16O2. The number of fused-ring (bicyclic) bond motifs is 6. The summed E-state index contributed by atoms with van der Waals surface area (Å²) in [5.74, 6) is 0.740. The largest absolute Gasteiger partial charge is 0.293 e. The first kappa shape index (κ1) is 11.2. The maximum Gasteiger partial charge on any atom is 0.171 e. The van der Waals surface area contributed by atoms with Gasteiger partial charge in [0.15, 0.2) is 11.6 Å². The Morgan fingerprint density at radius 1 is 0.895 bits per heavy atom. The first-order valence-corrected chi connectivity index (χ1v) is 6.88. The van der Waals surface area contributed by atoms with E-state index in [1.807, 2.05) is 26.0 Å². The van der Waals surface area contributed by atoms with Gasteiger partial charge in [-0.15, -0.1) is 0 Å². The van der Waals surface area contributed by atoms with Crippen LogP contribution in [0.2, 0.25) is 0 Å². The highest BCUT2D eigenvalue weighted by atomic mass is 16.1. The molecule has 0 aromatic heterocycles. The molecule has 2 heteroatoms. The number of ketones is 2. The second-order valence-electron chi connectivity index (χ2n) is 6.44. The quantitative estimate of drug-likeness (QED) is 0.664. The molecule has 3 aliphatic carbocycles. The predicted octanol–water partition coefficient (Wildman–Crippen LogP) is 3.28. The van der Waals surface area contributed by atoms with E-state index in [0.717, 1.165) is 6.42 Å². The van der Waals surface area contributed by atoms with Gasteiger partial charge in [-0.05, 0) is 18.3 Å². The molecule has 0 amide bonds. The van der Waals surface area contributed by atoms with Crippen molar-refractivity contribution in [3.05, 3.63) is 47.5 Å². The fraction of sp³-hybridized carbons (Fsp3) is 0.412. The number of hydrogen-bond donors (Lipinski definition) is 0. The maximum absolute atomic E-state index is 13.0. The van der Waals surface area contributed by atoms with Crippen molar-refractivity contribution >= 4 is 11.6 Å². The van der Waals surface area contributed by atoms with Gasteiger partial charge in [0.1, 0.15) is 0 Å². The van der Waals surface area contributed by atoms with Crippen LogP contribution in [0.5, 0.6) is 0 Å². The Morgan fingerprint density at radius 2 is 1.32 bits per heavy atom. The van der Waals surface area contributed by atoms with Gasteiger partial charge >= 0.3 is 0 Å². The topological polar surface area (TPSA) is 34.1 Å². The van der Waals surface area contributed by atoms with Gasteiger partial charge in [0.2, 0.25) is 0 Å². The van der Waals surface area contributed by atoms with E-state index in [-0.39, 0.29) is 23.4 Å². The second kappa shape index (κ2) is 3.06. The molecule has 1 saturated carbocycles. The molecule has 19 heavy (non-hydrogen) atoms. The zero-order valence-electron chi connectivity index (χ0n) is 11.1. The Bertz CT molecular complexity index is 602. The highest BCUT2D eigenvalue weighted by molar-refractivity contribution is 6.20. The highest BCUT2D eigenvalue weighted by Gasteiger charge is 2.69. The molecule has 0 radical (unpaired) electrons. The maximum atomic E-state index is 13.0. The molecule has 2 bridgehead atoms. The molecule has 0 spiro atoms. The summed E-state index contributed by atoms with van der Waals surface area (Å²) in [5.41, 5.74) is 0.122. The van der Waals surface area contributed by atoms with Gasteiger partial charge in [-0.25, -0.2) is 0 Å². The lowest BCUT2D eigenvalue weighted by Gasteiger charge is -2.48. The zero-order valence-corrected chi connectivity index (χ0v) is 11.1. The van der Waals surface area contributed by atoms with Gasteiger partial charge < -0.3 is 0 Å². The average Bonchev–Trinajstić information content (AvgIpc) is 2.99. The van der Waals surface area contributed by atoms with Crippen molar-refractivity contribution in [2.75, 3.05) is 0 Å². The molecule has 2 nitrogen and oxygen atoms in total. The number of Topliss-reactive ketones (excluding diaryl/α,β-unsaturated/α-hetero) is 2. The van der Waals surface area contributed by atoms with Crippen LogP contribution in [-0.4, -0.2) is 11.6 Å². The molecule has 0 aliphatic heterocycles. The summed E-state index contributed by atoms with van der Waals surface area (Å²) in [7, 11) is 0. The van der Waals surface area contributed by atoms with Crippen LogP contribution in [0, 0.1) is 22.7 Å². The zero-order chi connectivity index (χ0) is 13.4. The minimum atomic E-state index is -0.558. The van der Waals surface area contributed by atoms with E-state index >= 15 is 0 Å². The summed E-state index contributed by atoms with van der Waals surface area (Å²) in [4.78, 5) is 25.9. The van der Waals surface area contributed by atoms with Crippen molar-refractivity contribution in [3.63, 3.8) is 0 Å². The number of carbonyl (C=O) groups is 2. The summed E-state index contributed by atoms with van der Waals surface area (Å²) in [6.07, 6.45) is 5.23. The molecule has 4 atom stereocenters. The Morgan fingerprint density at radius 3 is 1.74 bits per heavy atom. The Kier molecular flexibility index (Phi) is 1.80.